The molecule has 1 aliphatic carbocycles. The lowest BCUT2D eigenvalue weighted by molar-refractivity contribution is 0.0937. The lowest BCUT2D eigenvalue weighted by atomic mass is 10.1. The van der Waals surface area contributed by atoms with Crippen LogP contribution >= 0.6 is 23.2 Å². The number of carbonyl (C=O) groups is 1. The monoisotopic (exact) mass is 306 g/mol. The molecule has 1 N–H and O–H groups in total. The number of aryl methyl sites for hydroxylation is 1. The van der Waals surface area contributed by atoms with Crippen LogP contribution in [0.25, 0.3) is 0 Å². The van der Waals surface area contributed by atoms with E-state index in [0.29, 0.717) is 10.6 Å². The minimum atomic E-state index is -0.221. The molecule has 5 heteroatoms. The van der Waals surface area contributed by atoms with E-state index in [0.717, 1.165) is 12.8 Å². The van der Waals surface area contributed by atoms with Crippen LogP contribution < -0.4 is 5.32 Å². The maximum absolute atomic E-state index is 12.3. The van der Waals surface area contributed by atoms with Crippen molar-refractivity contribution in [3.8, 4) is 0 Å². The average molecular weight is 307 g/mol. The first-order valence-corrected chi connectivity index (χ1v) is 7.10. The third-order valence-electron chi connectivity index (χ3n) is 3.50. The molecule has 1 aromatic heterocycles. The molecule has 20 heavy (non-hydrogen) atoms. The number of aromatic nitrogens is 1. The molecule has 3 rings (SSSR count). The number of benzene rings is 1. The number of hydrogen-bond acceptors (Lipinski definition) is 2. The number of carbonyl (C=O) groups excluding carboxylic acids is 1. The highest BCUT2D eigenvalue weighted by Crippen LogP contribution is 2.31. The van der Waals surface area contributed by atoms with Crippen LogP contribution in [0, 0.1) is 0 Å². The quantitative estimate of drug-likeness (QED) is 0.857. The van der Waals surface area contributed by atoms with Gasteiger partial charge in [0.25, 0.3) is 5.91 Å². The van der Waals surface area contributed by atoms with Gasteiger partial charge < -0.3 is 5.32 Å². The summed E-state index contributed by atoms with van der Waals surface area (Å²) in [6, 6.07) is 9.66. The molecule has 2 aromatic rings. The molecule has 1 amide bonds. The van der Waals surface area contributed by atoms with E-state index in [2.05, 4.69) is 22.4 Å². The van der Waals surface area contributed by atoms with Gasteiger partial charge in [0.15, 0.2) is 0 Å². The summed E-state index contributed by atoms with van der Waals surface area (Å²) in [5, 5.41) is 3.57. The Hall–Kier alpha value is -1.58. The molecule has 3 nitrogen and oxygen atoms in total. The largest absolute Gasteiger partial charge is 0.345 e. The third-order valence-corrected chi connectivity index (χ3v) is 4.01. The highest BCUT2D eigenvalue weighted by atomic mass is 35.5. The van der Waals surface area contributed by atoms with Gasteiger partial charge in [-0.3, -0.25) is 4.79 Å². The van der Waals surface area contributed by atoms with Crippen LogP contribution in [-0.2, 0) is 6.42 Å². The van der Waals surface area contributed by atoms with Crippen LogP contribution in [0.2, 0.25) is 10.2 Å². The van der Waals surface area contributed by atoms with Gasteiger partial charge in [-0.1, -0.05) is 47.5 Å². The topological polar surface area (TPSA) is 42.0 Å². The standard InChI is InChI=1S/C15H12Cl2N2O/c16-12-8-18-14(17)7-11(12)15(20)19-13-6-5-9-3-1-2-4-10(9)13/h1-4,7-8,13H,5-6H2,(H,19,20). The average Bonchev–Trinajstić information content (AvgIpc) is 2.85. The summed E-state index contributed by atoms with van der Waals surface area (Å²) in [6.45, 7) is 0. The van der Waals surface area contributed by atoms with E-state index >= 15 is 0 Å². The molecule has 0 aliphatic heterocycles. The third kappa shape index (κ3) is 2.51. The highest BCUT2D eigenvalue weighted by molar-refractivity contribution is 6.35. The molecule has 102 valence electrons. The maximum Gasteiger partial charge on any atom is 0.253 e. The Bertz CT molecular complexity index is 673. The van der Waals surface area contributed by atoms with Gasteiger partial charge in [-0.2, -0.15) is 0 Å². The second-order valence-corrected chi connectivity index (χ2v) is 5.54. The first kappa shape index (κ1) is 13.4. The number of pyridine rings is 1. The van der Waals surface area contributed by atoms with Gasteiger partial charge in [0, 0.05) is 6.20 Å². The van der Waals surface area contributed by atoms with Crippen molar-refractivity contribution >= 4 is 29.1 Å². The molecule has 0 fully saturated rings. The molecule has 0 radical (unpaired) electrons. The van der Waals surface area contributed by atoms with Gasteiger partial charge in [-0.15, -0.1) is 0 Å². The number of amides is 1. The summed E-state index contributed by atoms with van der Waals surface area (Å²) in [4.78, 5) is 16.1. The van der Waals surface area contributed by atoms with Gasteiger partial charge in [0.2, 0.25) is 0 Å². The maximum atomic E-state index is 12.3. The molecule has 0 spiro atoms. The first-order valence-electron chi connectivity index (χ1n) is 6.35. The van der Waals surface area contributed by atoms with Crippen LogP contribution in [0.15, 0.2) is 36.5 Å². The molecule has 0 bridgehead atoms. The summed E-state index contributed by atoms with van der Waals surface area (Å²) in [7, 11) is 0. The summed E-state index contributed by atoms with van der Waals surface area (Å²) < 4.78 is 0. The molecular formula is C15H12Cl2N2O. The van der Waals surface area contributed by atoms with Crippen molar-refractivity contribution in [2.75, 3.05) is 0 Å². The fourth-order valence-corrected chi connectivity index (χ4v) is 2.88. The molecule has 1 unspecified atom stereocenters. The van der Waals surface area contributed by atoms with E-state index in [4.69, 9.17) is 23.2 Å². The zero-order chi connectivity index (χ0) is 14.1. The van der Waals surface area contributed by atoms with E-state index < -0.39 is 0 Å². The van der Waals surface area contributed by atoms with Gasteiger partial charge in [-0.25, -0.2) is 4.98 Å². The molecule has 1 aliphatic rings. The van der Waals surface area contributed by atoms with Crippen LogP contribution in [0.1, 0.15) is 33.9 Å². The minimum Gasteiger partial charge on any atom is -0.345 e. The molecule has 1 heterocycles. The van der Waals surface area contributed by atoms with E-state index in [9.17, 15) is 4.79 Å². The number of rotatable bonds is 2. The van der Waals surface area contributed by atoms with Gasteiger partial charge in [0.05, 0.1) is 16.6 Å². The van der Waals surface area contributed by atoms with Crippen molar-refractivity contribution in [1.82, 2.24) is 10.3 Å². The molecule has 1 aromatic carbocycles. The lowest BCUT2D eigenvalue weighted by Gasteiger charge is -2.14. The van der Waals surface area contributed by atoms with Gasteiger partial charge in [-0.05, 0) is 30.0 Å². The fourth-order valence-electron chi connectivity index (χ4n) is 2.53. The second kappa shape index (κ2) is 5.43. The van der Waals surface area contributed by atoms with Crippen LogP contribution in [-0.4, -0.2) is 10.9 Å². The Morgan fingerprint density at radius 2 is 2.10 bits per heavy atom. The summed E-state index contributed by atoms with van der Waals surface area (Å²) in [6.07, 6.45) is 3.27. The number of nitrogens with one attached hydrogen (secondary N) is 1. The van der Waals surface area contributed by atoms with E-state index in [-0.39, 0.29) is 17.1 Å². The normalized spacial score (nSPS) is 16.8. The van der Waals surface area contributed by atoms with Gasteiger partial charge in [0.1, 0.15) is 5.15 Å². The predicted molar refractivity (Wildman–Crippen MR) is 79.2 cm³/mol. The van der Waals surface area contributed by atoms with Crippen molar-refractivity contribution in [2.24, 2.45) is 0 Å². The minimum absolute atomic E-state index is 0.0294. The van der Waals surface area contributed by atoms with Gasteiger partial charge >= 0.3 is 0 Å². The number of hydrogen-bond donors (Lipinski definition) is 1. The number of fused-ring (bicyclic) bond motifs is 1. The predicted octanol–water partition coefficient (Wildman–Crippen LogP) is 3.81. The molecule has 1 atom stereocenters. The van der Waals surface area contributed by atoms with E-state index in [1.165, 1.54) is 23.4 Å². The first-order chi connectivity index (χ1) is 9.65. The lowest BCUT2D eigenvalue weighted by Crippen LogP contribution is -2.27. The fraction of sp³-hybridized carbons (Fsp3) is 0.200. The van der Waals surface area contributed by atoms with Crippen molar-refractivity contribution in [3.63, 3.8) is 0 Å². The van der Waals surface area contributed by atoms with Crippen molar-refractivity contribution in [1.29, 1.82) is 0 Å². The zero-order valence-electron chi connectivity index (χ0n) is 10.6. The van der Waals surface area contributed by atoms with Crippen LogP contribution in [0.4, 0.5) is 0 Å². The summed E-state index contributed by atoms with van der Waals surface area (Å²) in [5.74, 6) is -0.221. The summed E-state index contributed by atoms with van der Waals surface area (Å²) in [5.41, 5.74) is 2.82. The molecule has 0 saturated heterocycles. The van der Waals surface area contributed by atoms with Crippen molar-refractivity contribution in [3.05, 3.63) is 63.4 Å². The van der Waals surface area contributed by atoms with Crippen molar-refractivity contribution < 1.29 is 4.79 Å². The Balaban J connectivity index is 1.82. The zero-order valence-corrected chi connectivity index (χ0v) is 12.1. The smallest absolute Gasteiger partial charge is 0.253 e. The highest BCUT2D eigenvalue weighted by Gasteiger charge is 2.24. The number of nitrogens with zero attached hydrogens (tertiary/aromatic N) is 1. The van der Waals surface area contributed by atoms with Crippen molar-refractivity contribution in [2.45, 2.75) is 18.9 Å². The summed E-state index contributed by atoms with van der Waals surface area (Å²) >= 11 is 11.8. The van der Waals surface area contributed by atoms with Crippen LogP contribution in [0.3, 0.4) is 0 Å². The molecular weight excluding hydrogens is 295 g/mol. The number of halogens is 2. The van der Waals surface area contributed by atoms with E-state index in [1.54, 1.807) is 0 Å². The Labute approximate surface area is 126 Å². The Kier molecular flexibility index (Phi) is 3.64. The Morgan fingerprint density at radius 3 is 2.95 bits per heavy atom. The van der Waals surface area contributed by atoms with E-state index in [1.807, 2.05) is 12.1 Å². The van der Waals surface area contributed by atoms with Crippen LogP contribution in [0.5, 0.6) is 0 Å². The second-order valence-electron chi connectivity index (χ2n) is 4.75. The SMILES string of the molecule is O=C(NC1CCc2ccccc21)c1cc(Cl)ncc1Cl. The Morgan fingerprint density at radius 1 is 1.30 bits per heavy atom. The molecule has 0 saturated carbocycles.